The van der Waals surface area contributed by atoms with E-state index in [0.29, 0.717) is 0 Å². The van der Waals surface area contributed by atoms with E-state index in [1.165, 1.54) is 6.42 Å². The first-order chi connectivity index (χ1) is 9.60. The van der Waals surface area contributed by atoms with E-state index >= 15 is 0 Å². The number of nitrogens with zero attached hydrogens (tertiary/aromatic N) is 1. The van der Waals surface area contributed by atoms with Crippen molar-refractivity contribution in [2.45, 2.75) is 33.1 Å². The van der Waals surface area contributed by atoms with Crippen LogP contribution in [0, 0.1) is 19.8 Å². The van der Waals surface area contributed by atoms with E-state index in [2.05, 4.69) is 11.4 Å². The number of rotatable bonds is 4. The van der Waals surface area contributed by atoms with Gasteiger partial charge in [0.2, 0.25) is 0 Å². The average molecular weight is 274 g/mol. The number of carbonyl (C=O) groups is 1. The second-order valence-electron chi connectivity index (χ2n) is 6.00. The molecule has 1 aliphatic heterocycles. The van der Waals surface area contributed by atoms with Crippen molar-refractivity contribution >= 4 is 5.91 Å². The number of likely N-dealkylation sites (tertiary alicyclic amines) is 1. The fourth-order valence-electron chi connectivity index (χ4n) is 3.05. The van der Waals surface area contributed by atoms with Crippen LogP contribution >= 0.6 is 0 Å². The number of nitrogens with one attached hydrogen (secondary N) is 1. The molecule has 110 valence electrons. The van der Waals surface area contributed by atoms with Crippen LogP contribution in [-0.4, -0.2) is 37.5 Å². The van der Waals surface area contributed by atoms with E-state index in [-0.39, 0.29) is 5.91 Å². The lowest BCUT2D eigenvalue weighted by molar-refractivity contribution is 0.0687. The SMILES string of the molecule is CNCCC1CCN(C(=O)c2cc(C)cc(C)c2)CC1. The van der Waals surface area contributed by atoms with Crippen LogP contribution < -0.4 is 5.32 Å². The fourth-order valence-corrected chi connectivity index (χ4v) is 3.05. The molecule has 1 aromatic carbocycles. The van der Waals surface area contributed by atoms with Crippen LogP contribution in [0.15, 0.2) is 18.2 Å². The van der Waals surface area contributed by atoms with Crippen molar-refractivity contribution in [1.82, 2.24) is 10.2 Å². The molecule has 1 saturated heterocycles. The first-order valence-electron chi connectivity index (χ1n) is 7.62. The quantitative estimate of drug-likeness (QED) is 0.915. The fraction of sp³-hybridized carbons (Fsp3) is 0.588. The molecule has 0 saturated carbocycles. The number of hydrogen-bond acceptors (Lipinski definition) is 2. The number of carbonyl (C=O) groups excluding carboxylic acids is 1. The van der Waals surface area contributed by atoms with Crippen LogP contribution in [0.2, 0.25) is 0 Å². The molecule has 3 nitrogen and oxygen atoms in total. The van der Waals surface area contributed by atoms with Crippen molar-refractivity contribution in [3.8, 4) is 0 Å². The molecule has 20 heavy (non-hydrogen) atoms. The summed E-state index contributed by atoms with van der Waals surface area (Å²) in [5.74, 6) is 0.967. The number of aryl methyl sites for hydroxylation is 2. The molecule has 0 radical (unpaired) electrons. The zero-order valence-corrected chi connectivity index (χ0v) is 12.9. The third kappa shape index (κ3) is 3.83. The second kappa shape index (κ2) is 6.89. The molecule has 3 heteroatoms. The predicted molar refractivity (Wildman–Crippen MR) is 83.1 cm³/mol. The first kappa shape index (κ1) is 15.0. The zero-order valence-electron chi connectivity index (χ0n) is 12.9. The zero-order chi connectivity index (χ0) is 14.5. The van der Waals surface area contributed by atoms with Crippen molar-refractivity contribution < 1.29 is 4.79 Å². The molecule has 1 N–H and O–H groups in total. The molecular formula is C17H26N2O. The Labute approximate surface area is 122 Å². The van der Waals surface area contributed by atoms with E-state index in [9.17, 15) is 4.79 Å². The molecule has 1 aromatic rings. The predicted octanol–water partition coefficient (Wildman–Crippen LogP) is 2.77. The molecule has 1 aliphatic rings. The van der Waals surface area contributed by atoms with Crippen LogP contribution in [-0.2, 0) is 0 Å². The summed E-state index contributed by atoms with van der Waals surface area (Å²) >= 11 is 0. The summed E-state index contributed by atoms with van der Waals surface area (Å²) in [6.45, 7) is 6.98. The monoisotopic (exact) mass is 274 g/mol. The third-order valence-corrected chi connectivity index (χ3v) is 4.17. The first-order valence-corrected chi connectivity index (χ1v) is 7.62. The van der Waals surface area contributed by atoms with Crippen molar-refractivity contribution in [3.63, 3.8) is 0 Å². The smallest absolute Gasteiger partial charge is 0.253 e. The van der Waals surface area contributed by atoms with E-state index in [0.717, 1.165) is 55.1 Å². The van der Waals surface area contributed by atoms with Gasteiger partial charge in [0, 0.05) is 18.7 Å². The maximum absolute atomic E-state index is 12.5. The normalized spacial score (nSPS) is 16.4. The summed E-state index contributed by atoms with van der Waals surface area (Å²) in [5, 5.41) is 3.21. The minimum absolute atomic E-state index is 0.198. The molecule has 0 aliphatic carbocycles. The van der Waals surface area contributed by atoms with E-state index in [1.807, 2.05) is 37.9 Å². The van der Waals surface area contributed by atoms with Gasteiger partial charge in [-0.2, -0.15) is 0 Å². The number of amides is 1. The molecule has 0 atom stereocenters. The summed E-state index contributed by atoms with van der Waals surface area (Å²) in [6, 6.07) is 6.12. The Morgan fingerprint density at radius 3 is 2.35 bits per heavy atom. The Morgan fingerprint density at radius 1 is 1.20 bits per heavy atom. The number of benzene rings is 1. The molecule has 1 amide bonds. The lowest BCUT2D eigenvalue weighted by Gasteiger charge is -2.32. The molecule has 2 rings (SSSR count). The summed E-state index contributed by atoms with van der Waals surface area (Å²) in [7, 11) is 2.00. The highest BCUT2D eigenvalue weighted by Gasteiger charge is 2.23. The third-order valence-electron chi connectivity index (χ3n) is 4.17. The summed E-state index contributed by atoms with van der Waals surface area (Å²) in [4.78, 5) is 14.6. The number of hydrogen-bond donors (Lipinski definition) is 1. The Hall–Kier alpha value is -1.35. The van der Waals surface area contributed by atoms with Gasteiger partial charge in [-0.1, -0.05) is 17.2 Å². The van der Waals surface area contributed by atoms with Gasteiger partial charge in [0.05, 0.1) is 0 Å². The van der Waals surface area contributed by atoms with Crippen molar-refractivity contribution in [2.75, 3.05) is 26.7 Å². The van der Waals surface area contributed by atoms with E-state index in [4.69, 9.17) is 0 Å². The standard InChI is InChI=1S/C17H26N2O/c1-13-10-14(2)12-16(11-13)17(20)19-8-5-15(6-9-19)4-7-18-3/h10-12,15,18H,4-9H2,1-3H3. The van der Waals surface area contributed by atoms with Gasteiger partial charge in [-0.05, 0) is 64.8 Å². The summed E-state index contributed by atoms with van der Waals surface area (Å²) < 4.78 is 0. The largest absolute Gasteiger partial charge is 0.339 e. The lowest BCUT2D eigenvalue weighted by Crippen LogP contribution is -2.39. The van der Waals surface area contributed by atoms with E-state index in [1.54, 1.807) is 0 Å². The van der Waals surface area contributed by atoms with Gasteiger partial charge in [0.25, 0.3) is 5.91 Å². The van der Waals surface area contributed by atoms with Gasteiger partial charge in [-0.3, -0.25) is 4.79 Å². The Morgan fingerprint density at radius 2 is 1.80 bits per heavy atom. The van der Waals surface area contributed by atoms with Crippen molar-refractivity contribution in [2.24, 2.45) is 5.92 Å². The van der Waals surface area contributed by atoms with Crippen LogP contribution in [0.3, 0.4) is 0 Å². The van der Waals surface area contributed by atoms with Crippen LogP contribution in [0.1, 0.15) is 40.7 Å². The van der Waals surface area contributed by atoms with Gasteiger partial charge >= 0.3 is 0 Å². The van der Waals surface area contributed by atoms with Crippen molar-refractivity contribution in [1.29, 1.82) is 0 Å². The highest BCUT2D eigenvalue weighted by atomic mass is 16.2. The van der Waals surface area contributed by atoms with Gasteiger partial charge in [-0.15, -0.1) is 0 Å². The molecule has 0 spiro atoms. The maximum Gasteiger partial charge on any atom is 0.253 e. The minimum Gasteiger partial charge on any atom is -0.339 e. The Balaban J connectivity index is 1.94. The van der Waals surface area contributed by atoms with Gasteiger partial charge in [0.15, 0.2) is 0 Å². The highest BCUT2D eigenvalue weighted by Crippen LogP contribution is 2.22. The van der Waals surface area contributed by atoms with Gasteiger partial charge < -0.3 is 10.2 Å². The van der Waals surface area contributed by atoms with E-state index < -0.39 is 0 Å². The van der Waals surface area contributed by atoms with Gasteiger partial charge in [-0.25, -0.2) is 0 Å². The molecule has 1 heterocycles. The lowest BCUT2D eigenvalue weighted by atomic mass is 9.93. The minimum atomic E-state index is 0.198. The Bertz CT molecular complexity index is 442. The summed E-state index contributed by atoms with van der Waals surface area (Å²) in [5.41, 5.74) is 3.17. The van der Waals surface area contributed by atoms with Crippen LogP contribution in [0.4, 0.5) is 0 Å². The summed E-state index contributed by atoms with van der Waals surface area (Å²) in [6.07, 6.45) is 3.50. The molecular weight excluding hydrogens is 248 g/mol. The maximum atomic E-state index is 12.5. The van der Waals surface area contributed by atoms with Crippen LogP contribution in [0.5, 0.6) is 0 Å². The molecule has 0 aromatic heterocycles. The molecule has 1 fully saturated rings. The second-order valence-corrected chi connectivity index (χ2v) is 6.00. The van der Waals surface area contributed by atoms with Crippen LogP contribution in [0.25, 0.3) is 0 Å². The van der Waals surface area contributed by atoms with Crippen molar-refractivity contribution in [3.05, 3.63) is 34.9 Å². The average Bonchev–Trinajstić information content (AvgIpc) is 2.44. The topological polar surface area (TPSA) is 32.3 Å². The number of piperidine rings is 1. The Kier molecular flexibility index (Phi) is 5.18. The molecule has 0 unspecified atom stereocenters. The molecule has 0 bridgehead atoms. The highest BCUT2D eigenvalue weighted by molar-refractivity contribution is 5.94. The van der Waals surface area contributed by atoms with Gasteiger partial charge in [0.1, 0.15) is 0 Å².